The van der Waals surface area contributed by atoms with E-state index in [2.05, 4.69) is 16.4 Å². The molecule has 0 saturated heterocycles. The number of benzene rings is 2. The maximum atomic E-state index is 11.9. The topological polar surface area (TPSA) is 65.8 Å². The lowest BCUT2D eigenvalue weighted by atomic mass is 10.1. The Kier molecular flexibility index (Phi) is 4.91. The van der Waals surface area contributed by atoms with Crippen molar-refractivity contribution in [1.82, 2.24) is 10.3 Å². The Bertz CT molecular complexity index is 832. The van der Waals surface area contributed by atoms with Gasteiger partial charge in [-0.2, -0.15) is 5.26 Å². The van der Waals surface area contributed by atoms with Gasteiger partial charge in [0.25, 0.3) is 0 Å². The number of nitrogens with zero attached hydrogens (tertiary/aromatic N) is 2. The fourth-order valence-corrected chi connectivity index (χ4v) is 3.89. The van der Waals surface area contributed by atoms with Gasteiger partial charge in [-0.15, -0.1) is 11.3 Å². The molecule has 0 spiro atoms. The van der Waals surface area contributed by atoms with Gasteiger partial charge in [0, 0.05) is 6.54 Å². The number of aromatic nitrogens is 1. The zero-order valence-corrected chi connectivity index (χ0v) is 13.8. The first kappa shape index (κ1) is 15.5. The highest BCUT2D eigenvalue weighted by Gasteiger charge is 2.07. The van der Waals surface area contributed by atoms with Gasteiger partial charge in [-0.25, -0.2) is 4.98 Å². The Morgan fingerprint density at radius 1 is 1.22 bits per heavy atom. The van der Waals surface area contributed by atoms with E-state index in [4.69, 9.17) is 5.26 Å². The van der Waals surface area contributed by atoms with E-state index in [0.717, 1.165) is 20.1 Å². The van der Waals surface area contributed by atoms with E-state index in [0.29, 0.717) is 17.9 Å². The van der Waals surface area contributed by atoms with E-state index in [-0.39, 0.29) is 5.91 Å². The zero-order chi connectivity index (χ0) is 16.1. The van der Waals surface area contributed by atoms with Gasteiger partial charge in [-0.3, -0.25) is 4.79 Å². The molecule has 0 aliphatic carbocycles. The van der Waals surface area contributed by atoms with Gasteiger partial charge in [0.15, 0.2) is 4.34 Å². The van der Waals surface area contributed by atoms with Crippen LogP contribution in [-0.2, 0) is 11.3 Å². The largest absolute Gasteiger partial charge is 0.351 e. The Morgan fingerprint density at radius 3 is 2.74 bits per heavy atom. The number of nitrogens with one attached hydrogen (secondary N) is 1. The second-order valence-corrected chi connectivity index (χ2v) is 7.07. The maximum absolute atomic E-state index is 11.9. The number of thioether (sulfide) groups is 1. The van der Waals surface area contributed by atoms with Crippen molar-refractivity contribution < 1.29 is 4.79 Å². The molecule has 114 valence electrons. The first-order valence-corrected chi connectivity index (χ1v) is 8.79. The fraction of sp³-hybridized carbons (Fsp3) is 0.118. The molecule has 1 aromatic heterocycles. The zero-order valence-electron chi connectivity index (χ0n) is 12.2. The molecule has 0 saturated carbocycles. The molecule has 0 radical (unpaired) electrons. The third-order valence-electron chi connectivity index (χ3n) is 3.17. The SMILES string of the molecule is N#Cc1ccc(CNC(=O)CSc2nc3ccccc3s2)cc1. The first-order valence-electron chi connectivity index (χ1n) is 6.99. The molecule has 3 aromatic rings. The van der Waals surface area contributed by atoms with Crippen molar-refractivity contribution in [2.45, 2.75) is 10.9 Å². The summed E-state index contributed by atoms with van der Waals surface area (Å²) in [6, 6.07) is 17.2. The van der Waals surface area contributed by atoms with Crippen LogP contribution in [-0.4, -0.2) is 16.6 Å². The maximum Gasteiger partial charge on any atom is 0.230 e. The number of carbonyl (C=O) groups excluding carboxylic acids is 1. The minimum atomic E-state index is -0.0291. The van der Waals surface area contributed by atoms with Crippen molar-refractivity contribution >= 4 is 39.2 Å². The highest BCUT2D eigenvalue weighted by atomic mass is 32.2. The number of amides is 1. The summed E-state index contributed by atoms with van der Waals surface area (Å²) in [5.41, 5.74) is 2.56. The number of hydrogen-bond donors (Lipinski definition) is 1. The van der Waals surface area contributed by atoms with Gasteiger partial charge < -0.3 is 5.32 Å². The molecule has 2 aromatic carbocycles. The average Bonchev–Trinajstić information content (AvgIpc) is 3.01. The van der Waals surface area contributed by atoms with Crippen LogP contribution < -0.4 is 5.32 Å². The molecule has 1 heterocycles. The van der Waals surface area contributed by atoms with Crippen LogP contribution in [0.4, 0.5) is 0 Å². The highest BCUT2D eigenvalue weighted by Crippen LogP contribution is 2.28. The number of nitriles is 1. The Hall–Kier alpha value is -2.36. The van der Waals surface area contributed by atoms with E-state index in [1.165, 1.54) is 11.8 Å². The van der Waals surface area contributed by atoms with Crippen LogP contribution in [0.25, 0.3) is 10.2 Å². The lowest BCUT2D eigenvalue weighted by molar-refractivity contribution is -0.118. The molecular weight excluding hydrogens is 326 g/mol. The van der Waals surface area contributed by atoms with Crippen molar-refractivity contribution in [3.8, 4) is 6.07 Å². The molecule has 1 N–H and O–H groups in total. The van der Waals surface area contributed by atoms with Crippen LogP contribution in [0.2, 0.25) is 0 Å². The van der Waals surface area contributed by atoms with E-state index >= 15 is 0 Å². The van der Waals surface area contributed by atoms with Gasteiger partial charge in [0.1, 0.15) is 0 Å². The molecular formula is C17H13N3OS2. The number of para-hydroxylation sites is 1. The summed E-state index contributed by atoms with van der Waals surface area (Å²) in [5.74, 6) is 0.314. The summed E-state index contributed by atoms with van der Waals surface area (Å²) in [4.78, 5) is 16.4. The minimum absolute atomic E-state index is 0.0291. The Labute approximate surface area is 142 Å². The molecule has 0 fully saturated rings. The van der Waals surface area contributed by atoms with Gasteiger partial charge in [0.2, 0.25) is 5.91 Å². The molecule has 3 rings (SSSR count). The molecule has 1 amide bonds. The first-order chi connectivity index (χ1) is 11.2. The second kappa shape index (κ2) is 7.27. The Balaban J connectivity index is 1.50. The molecule has 23 heavy (non-hydrogen) atoms. The highest BCUT2D eigenvalue weighted by molar-refractivity contribution is 8.01. The number of hydrogen-bond acceptors (Lipinski definition) is 5. The average molecular weight is 339 g/mol. The van der Waals surface area contributed by atoms with Crippen LogP contribution in [0.15, 0.2) is 52.9 Å². The number of rotatable bonds is 5. The van der Waals surface area contributed by atoms with Crippen molar-refractivity contribution in [3.63, 3.8) is 0 Å². The molecule has 0 atom stereocenters. The van der Waals surface area contributed by atoms with Crippen molar-refractivity contribution in [2.24, 2.45) is 0 Å². The summed E-state index contributed by atoms with van der Waals surface area (Å²) in [6.07, 6.45) is 0. The molecule has 0 bridgehead atoms. The number of thiazole rings is 1. The smallest absolute Gasteiger partial charge is 0.230 e. The predicted octanol–water partition coefficient (Wildman–Crippen LogP) is 3.58. The number of fused-ring (bicyclic) bond motifs is 1. The summed E-state index contributed by atoms with van der Waals surface area (Å²) >= 11 is 3.05. The summed E-state index contributed by atoms with van der Waals surface area (Å²) in [6.45, 7) is 0.463. The lowest BCUT2D eigenvalue weighted by Crippen LogP contribution is -2.24. The van der Waals surface area contributed by atoms with Crippen molar-refractivity contribution in [3.05, 3.63) is 59.7 Å². The summed E-state index contributed by atoms with van der Waals surface area (Å²) in [7, 11) is 0. The summed E-state index contributed by atoms with van der Waals surface area (Å²) < 4.78 is 2.03. The summed E-state index contributed by atoms with van der Waals surface area (Å²) in [5, 5.41) is 11.6. The quantitative estimate of drug-likeness (QED) is 0.722. The van der Waals surface area contributed by atoms with E-state index in [9.17, 15) is 4.79 Å². The van der Waals surface area contributed by atoms with Crippen LogP contribution >= 0.6 is 23.1 Å². The van der Waals surface area contributed by atoms with Crippen LogP contribution in [0.1, 0.15) is 11.1 Å². The minimum Gasteiger partial charge on any atom is -0.351 e. The van der Waals surface area contributed by atoms with E-state index in [1.807, 2.05) is 36.4 Å². The molecule has 0 aliphatic rings. The van der Waals surface area contributed by atoms with Gasteiger partial charge in [0.05, 0.1) is 27.6 Å². The van der Waals surface area contributed by atoms with Gasteiger partial charge >= 0.3 is 0 Å². The van der Waals surface area contributed by atoms with E-state index < -0.39 is 0 Å². The molecule has 0 aliphatic heterocycles. The normalized spacial score (nSPS) is 10.4. The lowest BCUT2D eigenvalue weighted by Gasteiger charge is -2.04. The van der Waals surface area contributed by atoms with Crippen molar-refractivity contribution in [1.29, 1.82) is 5.26 Å². The monoisotopic (exact) mass is 339 g/mol. The predicted molar refractivity (Wildman–Crippen MR) is 93.3 cm³/mol. The number of carbonyl (C=O) groups is 1. The third-order valence-corrected chi connectivity index (χ3v) is 5.35. The standard InChI is InChI=1S/C17H13N3OS2/c18-9-12-5-7-13(8-6-12)10-19-16(21)11-22-17-20-14-3-1-2-4-15(14)23-17/h1-8H,10-11H2,(H,19,21). The van der Waals surface area contributed by atoms with Gasteiger partial charge in [-0.1, -0.05) is 36.0 Å². The second-order valence-electron chi connectivity index (χ2n) is 4.82. The van der Waals surface area contributed by atoms with Crippen LogP contribution in [0, 0.1) is 11.3 Å². The van der Waals surface area contributed by atoms with Crippen LogP contribution in [0.3, 0.4) is 0 Å². The fourth-order valence-electron chi connectivity index (χ4n) is 1.99. The van der Waals surface area contributed by atoms with Gasteiger partial charge in [-0.05, 0) is 29.8 Å². The third kappa shape index (κ3) is 4.09. The molecule has 6 heteroatoms. The van der Waals surface area contributed by atoms with E-state index in [1.54, 1.807) is 23.5 Å². The van der Waals surface area contributed by atoms with Crippen LogP contribution in [0.5, 0.6) is 0 Å². The van der Waals surface area contributed by atoms with Crippen molar-refractivity contribution in [2.75, 3.05) is 5.75 Å². The molecule has 0 unspecified atom stereocenters. The Morgan fingerprint density at radius 2 is 2.00 bits per heavy atom. The molecule has 4 nitrogen and oxygen atoms in total.